The van der Waals surface area contributed by atoms with E-state index in [1.54, 1.807) is 12.1 Å². The zero-order valence-electron chi connectivity index (χ0n) is 16.4. The highest BCUT2D eigenvalue weighted by Crippen LogP contribution is 2.36. The minimum absolute atomic E-state index is 0.117. The van der Waals surface area contributed by atoms with Gasteiger partial charge in [0.25, 0.3) is 5.56 Å². The van der Waals surface area contributed by atoms with Crippen molar-refractivity contribution in [3.63, 3.8) is 0 Å². The van der Waals surface area contributed by atoms with Gasteiger partial charge in [0.2, 0.25) is 0 Å². The number of fused-ring (bicyclic) bond motifs is 6. The van der Waals surface area contributed by atoms with E-state index in [2.05, 4.69) is 23.1 Å². The number of aromatic nitrogens is 1. The zero-order chi connectivity index (χ0) is 19.5. The van der Waals surface area contributed by atoms with E-state index in [-0.39, 0.29) is 11.2 Å². The minimum atomic E-state index is -0.264. The molecular weight excluding hydrogens is 364 g/mol. The molecule has 29 heavy (non-hydrogen) atoms. The molecule has 5 heteroatoms. The van der Waals surface area contributed by atoms with Crippen LogP contribution >= 0.6 is 0 Å². The Morgan fingerprint density at radius 3 is 2.76 bits per heavy atom. The van der Waals surface area contributed by atoms with E-state index in [1.165, 1.54) is 17.5 Å². The molecule has 0 radical (unpaired) electrons. The molecule has 0 amide bonds. The van der Waals surface area contributed by atoms with Crippen molar-refractivity contribution < 1.29 is 4.42 Å². The highest BCUT2D eigenvalue weighted by molar-refractivity contribution is 5.82. The Kier molecular flexibility index (Phi) is 3.81. The Morgan fingerprint density at radius 2 is 1.86 bits per heavy atom. The van der Waals surface area contributed by atoms with Crippen molar-refractivity contribution in [1.82, 2.24) is 9.47 Å². The molecular formula is C24H24N2O3. The second-order valence-electron chi connectivity index (χ2n) is 8.95. The number of nitrogens with zero attached hydrogens (tertiary/aromatic N) is 2. The summed E-state index contributed by atoms with van der Waals surface area (Å²) in [5.41, 5.74) is 5.53. The third kappa shape index (κ3) is 2.87. The zero-order valence-corrected chi connectivity index (χ0v) is 16.4. The van der Waals surface area contributed by atoms with Crippen LogP contribution in [0.15, 0.2) is 50.4 Å². The first-order valence-corrected chi connectivity index (χ1v) is 10.6. The maximum Gasteiger partial charge on any atom is 0.336 e. The van der Waals surface area contributed by atoms with E-state index >= 15 is 0 Å². The van der Waals surface area contributed by atoms with Gasteiger partial charge in [0.1, 0.15) is 5.58 Å². The quantitative estimate of drug-likeness (QED) is 0.633. The van der Waals surface area contributed by atoms with Gasteiger partial charge in [-0.1, -0.05) is 6.07 Å². The normalized spacial score (nSPS) is 23.2. The Labute approximate surface area is 168 Å². The number of aryl methyl sites for hydroxylation is 2. The van der Waals surface area contributed by atoms with Crippen LogP contribution in [-0.4, -0.2) is 22.6 Å². The van der Waals surface area contributed by atoms with Gasteiger partial charge in [-0.3, -0.25) is 9.69 Å². The SMILES string of the molecule is O=c1cc(CN2C[C@@H]3C[C@@H](C2)c2cccc(=O)n2C3)c2cc3c(cc2o1)CCC3. The van der Waals surface area contributed by atoms with Crippen LogP contribution in [0.5, 0.6) is 0 Å². The molecule has 0 N–H and O–H groups in total. The van der Waals surface area contributed by atoms with Crippen molar-refractivity contribution in [2.45, 2.75) is 44.7 Å². The molecule has 0 saturated carbocycles. The molecule has 0 spiro atoms. The maximum atomic E-state index is 12.2. The van der Waals surface area contributed by atoms with Crippen LogP contribution in [0.4, 0.5) is 0 Å². The third-order valence-electron chi connectivity index (χ3n) is 6.99. The summed E-state index contributed by atoms with van der Waals surface area (Å²) in [6.07, 6.45) is 4.52. The van der Waals surface area contributed by atoms with E-state index in [9.17, 15) is 9.59 Å². The van der Waals surface area contributed by atoms with Crippen LogP contribution in [0, 0.1) is 5.92 Å². The molecule has 0 unspecified atom stereocenters. The monoisotopic (exact) mass is 388 g/mol. The average molecular weight is 388 g/mol. The maximum absolute atomic E-state index is 12.2. The van der Waals surface area contributed by atoms with Crippen LogP contribution < -0.4 is 11.2 Å². The van der Waals surface area contributed by atoms with Crippen molar-refractivity contribution >= 4 is 11.0 Å². The molecule has 6 rings (SSSR count). The molecule has 1 fully saturated rings. The Morgan fingerprint density at radius 1 is 1.00 bits per heavy atom. The van der Waals surface area contributed by atoms with Gasteiger partial charge in [-0.05, 0) is 66.5 Å². The molecule has 1 saturated heterocycles. The highest BCUT2D eigenvalue weighted by atomic mass is 16.4. The summed E-state index contributed by atoms with van der Waals surface area (Å²) < 4.78 is 7.50. The lowest BCUT2D eigenvalue weighted by molar-refractivity contribution is 0.114. The third-order valence-corrected chi connectivity index (χ3v) is 6.99. The van der Waals surface area contributed by atoms with E-state index in [1.807, 2.05) is 10.6 Å². The van der Waals surface area contributed by atoms with Gasteiger partial charge >= 0.3 is 5.63 Å². The number of hydrogen-bond donors (Lipinski definition) is 0. The smallest absolute Gasteiger partial charge is 0.336 e. The molecule has 3 aromatic rings. The predicted molar refractivity (Wildman–Crippen MR) is 111 cm³/mol. The second-order valence-corrected chi connectivity index (χ2v) is 8.95. The lowest BCUT2D eigenvalue weighted by atomic mass is 9.83. The van der Waals surface area contributed by atoms with Crippen LogP contribution in [0.25, 0.3) is 11.0 Å². The average Bonchev–Trinajstić information content (AvgIpc) is 3.15. The second kappa shape index (κ2) is 6.42. The first kappa shape index (κ1) is 17.2. The number of likely N-dealkylation sites (tertiary alicyclic amines) is 1. The van der Waals surface area contributed by atoms with Gasteiger partial charge in [0.15, 0.2) is 0 Å². The van der Waals surface area contributed by atoms with Crippen LogP contribution in [0.2, 0.25) is 0 Å². The number of piperidine rings is 1. The number of pyridine rings is 1. The van der Waals surface area contributed by atoms with E-state index in [4.69, 9.17) is 4.42 Å². The fourth-order valence-corrected chi connectivity index (χ4v) is 5.79. The van der Waals surface area contributed by atoms with Gasteiger partial charge in [0, 0.05) is 55.3 Å². The van der Waals surface area contributed by atoms with E-state index in [0.717, 1.165) is 67.7 Å². The first-order chi connectivity index (χ1) is 14.1. The summed E-state index contributed by atoms with van der Waals surface area (Å²) in [4.78, 5) is 26.9. The molecule has 2 aromatic heterocycles. The topological polar surface area (TPSA) is 55.5 Å². The summed E-state index contributed by atoms with van der Waals surface area (Å²) >= 11 is 0. The van der Waals surface area contributed by atoms with Gasteiger partial charge in [0.05, 0.1) is 0 Å². The molecule has 2 aliphatic heterocycles. The Balaban J connectivity index is 1.35. The van der Waals surface area contributed by atoms with E-state index in [0.29, 0.717) is 11.8 Å². The van der Waals surface area contributed by atoms with Gasteiger partial charge in [-0.25, -0.2) is 4.79 Å². The minimum Gasteiger partial charge on any atom is -0.423 e. The van der Waals surface area contributed by atoms with Gasteiger partial charge < -0.3 is 8.98 Å². The largest absolute Gasteiger partial charge is 0.423 e. The molecule has 1 aromatic carbocycles. The fourth-order valence-electron chi connectivity index (χ4n) is 5.79. The molecule has 1 aliphatic carbocycles. The summed E-state index contributed by atoms with van der Waals surface area (Å²) in [7, 11) is 0. The van der Waals surface area contributed by atoms with Crippen LogP contribution in [-0.2, 0) is 25.9 Å². The lowest BCUT2D eigenvalue weighted by Crippen LogP contribution is -2.46. The molecule has 5 nitrogen and oxygen atoms in total. The molecule has 3 aliphatic rings. The van der Waals surface area contributed by atoms with E-state index < -0.39 is 0 Å². The van der Waals surface area contributed by atoms with Crippen molar-refractivity contribution in [2.24, 2.45) is 5.92 Å². The summed E-state index contributed by atoms with van der Waals surface area (Å²) in [6, 6.07) is 11.6. The number of rotatable bonds is 2. The van der Waals surface area contributed by atoms with Crippen molar-refractivity contribution in [3.8, 4) is 0 Å². The molecule has 4 heterocycles. The molecule has 2 bridgehead atoms. The molecule has 148 valence electrons. The van der Waals surface area contributed by atoms with Crippen LogP contribution in [0.3, 0.4) is 0 Å². The predicted octanol–water partition coefficient (Wildman–Crippen LogP) is 3.06. The first-order valence-electron chi connectivity index (χ1n) is 10.6. The standard InChI is InChI=1S/C24H24N2O3/c27-23-6-2-5-21-19-7-15(12-26(21)23)11-25(14-19)13-18-10-24(28)29-22-9-17-4-1-3-16(17)8-20(18)22/h2,5-6,8-10,15,19H,1,3-4,7,11-14H2/t15-,19-/m0/s1. The van der Waals surface area contributed by atoms with Crippen LogP contribution in [0.1, 0.15) is 41.1 Å². The lowest BCUT2D eigenvalue weighted by Gasteiger charge is -2.42. The van der Waals surface area contributed by atoms with Crippen molar-refractivity contribution in [2.75, 3.05) is 13.1 Å². The summed E-state index contributed by atoms with van der Waals surface area (Å²) in [5.74, 6) is 0.865. The van der Waals surface area contributed by atoms with Crippen molar-refractivity contribution in [3.05, 3.63) is 79.6 Å². The fraction of sp³-hybridized carbons (Fsp3) is 0.417. The Hall–Kier alpha value is -2.66. The van der Waals surface area contributed by atoms with Gasteiger partial charge in [-0.15, -0.1) is 0 Å². The number of hydrogen-bond acceptors (Lipinski definition) is 4. The summed E-state index contributed by atoms with van der Waals surface area (Å²) in [5, 5.41) is 1.08. The highest BCUT2D eigenvalue weighted by Gasteiger charge is 2.34. The number of benzene rings is 1. The summed E-state index contributed by atoms with van der Waals surface area (Å²) in [6.45, 7) is 3.44. The Bertz CT molecular complexity index is 1240. The molecule has 2 atom stereocenters. The van der Waals surface area contributed by atoms with Crippen molar-refractivity contribution in [1.29, 1.82) is 0 Å². The van der Waals surface area contributed by atoms with Gasteiger partial charge in [-0.2, -0.15) is 0 Å².